The number of fused-ring (bicyclic) bond motifs is 3. The van der Waals surface area contributed by atoms with Crippen LogP contribution in [-0.2, 0) is 7.05 Å². The summed E-state index contributed by atoms with van der Waals surface area (Å²) in [7, 11) is 1.89. The van der Waals surface area contributed by atoms with E-state index in [0.29, 0.717) is 5.95 Å². The Hall–Kier alpha value is -2.17. The lowest BCUT2D eigenvalue weighted by Gasteiger charge is -1.99. The molecule has 3 rings (SSSR count). The summed E-state index contributed by atoms with van der Waals surface area (Å²) >= 11 is 0. The molecular formula is C11H11N5. The predicted octanol–water partition coefficient (Wildman–Crippen LogP) is 1.41. The van der Waals surface area contributed by atoms with Crippen molar-refractivity contribution in [2.75, 3.05) is 5.73 Å². The van der Waals surface area contributed by atoms with Crippen LogP contribution in [0.1, 0.15) is 5.69 Å². The molecule has 0 bridgehead atoms. The minimum atomic E-state index is 0.491. The monoisotopic (exact) mass is 216 g/mol. The van der Waals surface area contributed by atoms with Crippen molar-refractivity contribution in [1.29, 1.82) is 0 Å². The summed E-state index contributed by atoms with van der Waals surface area (Å²) in [5, 5.41) is 0. The largest absolute Gasteiger partial charge is 0.369 e. The highest BCUT2D eigenvalue weighted by Gasteiger charge is 2.09. The van der Waals surface area contributed by atoms with Crippen LogP contribution in [0.2, 0.25) is 0 Å². The molecule has 2 aromatic heterocycles. The fourth-order valence-corrected chi connectivity index (χ4v) is 1.83. The fraction of sp³-hybridized carbons (Fsp3) is 0.182. The number of aromatic nitrogens is 4. The van der Waals surface area contributed by atoms with Crippen molar-refractivity contribution in [3.63, 3.8) is 0 Å². The van der Waals surface area contributed by atoms with Crippen LogP contribution in [0.4, 0.5) is 5.95 Å². The summed E-state index contributed by atoms with van der Waals surface area (Å²) in [5.74, 6) is 0.491. The smallest absolute Gasteiger partial charge is 0.201 e. The Balaban J connectivity index is 2.57. The fourth-order valence-electron chi connectivity index (χ4n) is 1.83. The quantitative estimate of drug-likeness (QED) is 0.616. The van der Waals surface area contributed by atoms with Gasteiger partial charge in [-0.1, -0.05) is 0 Å². The first-order chi connectivity index (χ1) is 7.66. The summed E-state index contributed by atoms with van der Waals surface area (Å²) < 4.78 is 1.85. The number of aryl methyl sites for hydroxylation is 2. The highest BCUT2D eigenvalue weighted by molar-refractivity contribution is 6.00. The van der Waals surface area contributed by atoms with Gasteiger partial charge in [0.2, 0.25) is 5.95 Å². The van der Waals surface area contributed by atoms with Crippen molar-refractivity contribution in [3.8, 4) is 0 Å². The molecule has 0 aliphatic carbocycles. The molecule has 0 amide bonds. The number of nitrogens with zero attached hydrogens (tertiary/aromatic N) is 4. The van der Waals surface area contributed by atoms with Crippen LogP contribution in [-0.4, -0.2) is 19.5 Å². The molecule has 0 aliphatic heterocycles. The summed E-state index contributed by atoms with van der Waals surface area (Å²) in [6.45, 7) is 1.91. The zero-order chi connectivity index (χ0) is 11.3. The number of hydrogen-bond donors (Lipinski definition) is 1. The number of imidazole rings is 1. The van der Waals surface area contributed by atoms with Gasteiger partial charge < -0.3 is 10.3 Å². The van der Waals surface area contributed by atoms with Crippen LogP contribution < -0.4 is 5.73 Å². The minimum absolute atomic E-state index is 0.491. The van der Waals surface area contributed by atoms with E-state index in [1.165, 1.54) is 0 Å². The third-order valence-corrected chi connectivity index (χ3v) is 2.72. The molecule has 3 aromatic rings. The average molecular weight is 216 g/mol. The van der Waals surface area contributed by atoms with Crippen LogP contribution >= 0.6 is 0 Å². The third-order valence-electron chi connectivity index (χ3n) is 2.72. The summed E-state index contributed by atoms with van der Waals surface area (Å²) in [4.78, 5) is 13.1. The van der Waals surface area contributed by atoms with Gasteiger partial charge in [0, 0.05) is 13.2 Å². The molecule has 0 radical (unpaired) electrons. The number of nitrogens with two attached hydrogens (primary N) is 1. The first-order valence-electron chi connectivity index (χ1n) is 5.01. The molecule has 0 aliphatic rings. The van der Waals surface area contributed by atoms with Gasteiger partial charge in [0.1, 0.15) is 11.0 Å². The highest BCUT2D eigenvalue weighted by Crippen LogP contribution is 2.23. The van der Waals surface area contributed by atoms with Gasteiger partial charge in [-0.2, -0.15) is 0 Å². The van der Waals surface area contributed by atoms with Crippen molar-refractivity contribution >= 4 is 28.0 Å². The van der Waals surface area contributed by atoms with Crippen LogP contribution in [0.5, 0.6) is 0 Å². The minimum Gasteiger partial charge on any atom is -0.369 e. The molecule has 0 fully saturated rings. The SMILES string of the molecule is Cc1[13cH][15n]c2ccc3c(nc(N)n3C)c2[15n]1. The molecule has 5 heteroatoms. The lowest BCUT2D eigenvalue weighted by Crippen LogP contribution is -1.95. The summed E-state index contributed by atoms with van der Waals surface area (Å²) in [6, 6.07) is 3.90. The molecule has 2 N–H and O–H groups in total. The van der Waals surface area contributed by atoms with Crippen molar-refractivity contribution < 1.29 is 0 Å². The Morgan fingerprint density at radius 3 is 2.81 bits per heavy atom. The predicted molar refractivity (Wildman–Crippen MR) is 63.0 cm³/mol. The van der Waals surface area contributed by atoms with Crippen LogP contribution in [0.3, 0.4) is 0 Å². The molecule has 0 unspecified atom stereocenters. The maximum Gasteiger partial charge on any atom is 0.201 e. The van der Waals surface area contributed by atoms with E-state index in [2.05, 4.69) is 15.0 Å². The molecule has 5 nitrogen and oxygen atoms in total. The molecule has 80 valence electrons. The van der Waals surface area contributed by atoms with Crippen molar-refractivity contribution in [2.24, 2.45) is 7.05 Å². The molecule has 2 heterocycles. The van der Waals surface area contributed by atoms with Gasteiger partial charge in [-0.15, -0.1) is 0 Å². The third kappa shape index (κ3) is 1.08. The molecule has 1 aromatic carbocycles. The maximum absolute atomic E-state index is 5.79. The molecule has 0 saturated heterocycles. The van der Waals surface area contributed by atoms with Gasteiger partial charge in [0.15, 0.2) is 0 Å². The second kappa shape index (κ2) is 2.91. The Kier molecular flexibility index (Phi) is 1.65. The van der Waals surface area contributed by atoms with E-state index in [-0.39, 0.29) is 0 Å². The summed E-state index contributed by atoms with van der Waals surface area (Å²) in [5.41, 5.74) is 10.1. The standard InChI is InChI=1S/C11H11N5/c1-6-5-13-7-3-4-8-10(9(7)14-6)15-11(12)16(8)2/h3-5H,1-2H3,(H2,12,15)/i5+1,13+1,14+1. The first-order valence-corrected chi connectivity index (χ1v) is 5.01. The normalized spacial score (nSPS) is 11.4. The van der Waals surface area contributed by atoms with Crippen LogP contribution in [0.25, 0.3) is 22.1 Å². The van der Waals surface area contributed by atoms with E-state index < -0.39 is 0 Å². The summed E-state index contributed by atoms with van der Waals surface area (Å²) in [6.07, 6.45) is 1.75. The molecule has 16 heavy (non-hydrogen) atoms. The van der Waals surface area contributed by atoms with Gasteiger partial charge in [0.25, 0.3) is 0 Å². The Labute approximate surface area is 91.9 Å². The molecule has 0 spiro atoms. The van der Waals surface area contributed by atoms with Crippen LogP contribution in [0.15, 0.2) is 18.3 Å². The van der Waals surface area contributed by atoms with E-state index in [0.717, 1.165) is 27.8 Å². The second-order valence-electron chi connectivity index (χ2n) is 3.84. The van der Waals surface area contributed by atoms with Gasteiger partial charge in [-0.25, -0.2) is 9.97 Å². The lowest BCUT2D eigenvalue weighted by molar-refractivity contribution is 0.965. The number of nitrogen functional groups attached to an aromatic ring is 1. The Morgan fingerprint density at radius 2 is 2.00 bits per heavy atom. The van der Waals surface area contributed by atoms with E-state index in [9.17, 15) is 0 Å². The number of hydrogen-bond acceptors (Lipinski definition) is 4. The number of rotatable bonds is 0. The second-order valence-corrected chi connectivity index (χ2v) is 3.84. The first kappa shape index (κ1) is 9.08. The Morgan fingerprint density at radius 1 is 1.19 bits per heavy atom. The zero-order valence-corrected chi connectivity index (χ0v) is 9.10. The van der Waals surface area contributed by atoms with Crippen molar-refractivity contribution in [3.05, 3.63) is 24.0 Å². The van der Waals surface area contributed by atoms with Crippen molar-refractivity contribution in [1.82, 2.24) is 19.5 Å². The van der Waals surface area contributed by atoms with Crippen molar-refractivity contribution in [2.45, 2.75) is 6.92 Å². The molecule has 0 saturated carbocycles. The lowest BCUT2D eigenvalue weighted by atomic mass is 10.3. The molecular weight excluding hydrogens is 205 g/mol. The van der Waals surface area contributed by atoms with E-state index in [1.807, 2.05) is 30.7 Å². The Bertz CT molecular complexity index is 698. The number of benzene rings is 1. The van der Waals surface area contributed by atoms with Crippen LogP contribution in [0, 0.1) is 6.92 Å². The van der Waals surface area contributed by atoms with Gasteiger partial charge in [-0.3, -0.25) is 4.98 Å². The maximum atomic E-state index is 5.79. The topological polar surface area (TPSA) is 69.6 Å². The van der Waals surface area contributed by atoms with E-state index >= 15 is 0 Å². The number of anilines is 1. The van der Waals surface area contributed by atoms with E-state index in [1.54, 1.807) is 6.20 Å². The average Bonchev–Trinajstić information content (AvgIpc) is 2.56. The highest BCUT2D eigenvalue weighted by atomic mass is 15.6. The van der Waals surface area contributed by atoms with Gasteiger partial charge in [0.05, 0.1) is 16.7 Å². The zero-order valence-electron chi connectivity index (χ0n) is 9.10. The van der Waals surface area contributed by atoms with E-state index in [4.69, 9.17) is 5.73 Å². The molecule has 0 atom stereocenters. The van der Waals surface area contributed by atoms with Gasteiger partial charge >= 0.3 is 0 Å². The van der Waals surface area contributed by atoms with Gasteiger partial charge in [-0.05, 0) is 19.1 Å².